The molecule has 1 aliphatic heterocycles. The fourth-order valence-electron chi connectivity index (χ4n) is 2.26. The average molecular weight is 302 g/mol. The minimum atomic E-state index is 0.280. The Morgan fingerprint density at radius 2 is 2.00 bits per heavy atom. The summed E-state index contributed by atoms with van der Waals surface area (Å²) < 4.78 is 10.8. The maximum absolute atomic E-state index is 5.47. The molecule has 110 valence electrons. The van der Waals surface area contributed by atoms with Gasteiger partial charge >= 0.3 is 0 Å². The number of aromatic nitrogens is 1. The van der Waals surface area contributed by atoms with Crippen molar-refractivity contribution in [3.63, 3.8) is 0 Å². The summed E-state index contributed by atoms with van der Waals surface area (Å²) in [6.07, 6.45) is 3.65. The Balaban J connectivity index is 1.72. The fourth-order valence-corrected chi connectivity index (χ4v) is 3.25. The molecule has 1 N–H and O–H groups in total. The largest absolute Gasteiger partial charge is 0.454 e. The van der Waals surface area contributed by atoms with Crippen LogP contribution in [0.15, 0.2) is 47.6 Å². The minimum Gasteiger partial charge on any atom is -0.454 e. The van der Waals surface area contributed by atoms with E-state index in [-0.39, 0.29) is 6.04 Å². The zero-order chi connectivity index (χ0) is 14.5. The smallest absolute Gasteiger partial charge is 0.231 e. The van der Waals surface area contributed by atoms with Gasteiger partial charge in [-0.1, -0.05) is 13.0 Å². The first-order valence-corrected chi connectivity index (χ1v) is 8.01. The Hall–Kier alpha value is -1.72. The molecule has 1 unspecified atom stereocenters. The van der Waals surface area contributed by atoms with E-state index in [1.54, 1.807) is 0 Å². The standard InChI is InChI=1S/C16H18N2O2S/c1-2-18-14(10-21-13-5-7-17-8-6-13)12-3-4-15-16(9-12)20-11-19-15/h3-9,14,18H,2,10-11H2,1H3. The number of fused-ring (bicyclic) bond motifs is 1. The minimum absolute atomic E-state index is 0.280. The Labute approximate surface area is 128 Å². The summed E-state index contributed by atoms with van der Waals surface area (Å²) in [7, 11) is 0. The number of nitrogens with one attached hydrogen (secondary N) is 1. The number of rotatable bonds is 6. The molecule has 21 heavy (non-hydrogen) atoms. The molecule has 0 radical (unpaired) electrons. The first-order valence-electron chi connectivity index (χ1n) is 7.02. The highest BCUT2D eigenvalue weighted by Crippen LogP contribution is 2.35. The van der Waals surface area contributed by atoms with E-state index in [1.807, 2.05) is 42.4 Å². The van der Waals surface area contributed by atoms with Crippen LogP contribution >= 0.6 is 11.8 Å². The van der Waals surface area contributed by atoms with Crippen molar-refractivity contribution in [3.05, 3.63) is 48.3 Å². The lowest BCUT2D eigenvalue weighted by Crippen LogP contribution is -2.22. The van der Waals surface area contributed by atoms with Crippen LogP contribution in [0.1, 0.15) is 18.5 Å². The summed E-state index contributed by atoms with van der Waals surface area (Å²) in [5, 5.41) is 3.53. The van der Waals surface area contributed by atoms with Gasteiger partial charge in [-0.3, -0.25) is 4.98 Å². The van der Waals surface area contributed by atoms with Crippen molar-refractivity contribution in [1.29, 1.82) is 0 Å². The molecule has 5 heteroatoms. The van der Waals surface area contributed by atoms with Crippen molar-refractivity contribution in [2.45, 2.75) is 17.9 Å². The van der Waals surface area contributed by atoms with E-state index in [9.17, 15) is 0 Å². The van der Waals surface area contributed by atoms with Crippen LogP contribution in [0.4, 0.5) is 0 Å². The third-order valence-electron chi connectivity index (χ3n) is 3.32. The van der Waals surface area contributed by atoms with E-state index in [0.29, 0.717) is 6.79 Å². The van der Waals surface area contributed by atoms with Crippen molar-refractivity contribution >= 4 is 11.8 Å². The molecule has 4 nitrogen and oxygen atoms in total. The van der Waals surface area contributed by atoms with E-state index in [1.165, 1.54) is 10.5 Å². The second-order valence-electron chi connectivity index (χ2n) is 4.72. The van der Waals surface area contributed by atoms with E-state index in [0.717, 1.165) is 23.8 Å². The predicted molar refractivity (Wildman–Crippen MR) is 83.9 cm³/mol. The molecule has 0 aliphatic carbocycles. The molecule has 3 rings (SSSR count). The highest BCUT2D eigenvalue weighted by Gasteiger charge is 2.17. The molecule has 0 fully saturated rings. The summed E-state index contributed by atoms with van der Waals surface area (Å²) >= 11 is 1.82. The first-order chi connectivity index (χ1) is 10.4. The zero-order valence-corrected chi connectivity index (χ0v) is 12.7. The number of nitrogens with zero attached hydrogens (tertiary/aromatic N) is 1. The van der Waals surface area contributed by atoms with Crippen molar-refractivity contribution in [1.82, 2.24) is 10.3 Å². The molecule has 0 spiro atoms. The van der Waals surface area contributed by atoms with E-state index < -0.39 is 0 Å². The highest BCUT2D eigenvalue weighted by atomic mass is 32.2. The number of hydrogen-bond acceptors (Lipinski definition) is 5. The summed E-state index contributed by atoms with van der Waals surface area (Å²) in [5.74, 6) is 2.62. The summed E-state index contributed by atoms with van der Waals surface area (Å²) in [6.45, 7) is 3.36. The predicted octanol–water partition coefficient (Wildman–Crippen LogP) is 3.25. The topological polar surface area (TPSA) is 43.4 Å². The van der Waals surface area contributed by atoms with Gasteiger partial charge in [-0.25, -0.2) is 0 Å². The maximum atomic E-state index is 5.47. The van der Waals surface area contributed by atoms with Crippen LogP contribution in [0.5, 0.6) is 11.5 Å². The van der Waals surface area contributed by atoms with Gasteiger partial charge in [-0.05, 0) is 36.4 Å². The molecule has 1 aromatic heterocycles. The molecular formula is C16H18N2O2S. The monoisotopic (exact) mass is 302 g/mol. The number of ether oxygens (including phenoxy) is 2. The summed E-state index contributed by atoms with van der Waals surface area (Å²) in [4.78, 5) is 5.28. The van der Waals surface area contributed by atoms with Crippen LogP contribution in [0.3, 0.4) is 0 Å². The van der Waals surface area contributed by atoms with Gasteiger partial charge in [0.15, 0.2) is 11.5 Å². The second-order valence-corrected chi connectivity index (χ2v) is 5.81. The molecule has 0 saturated carbocycles. The first kappa shape index (κ1) is 14.2. The van der Waals surface area contributed by atoms with E-state index in [2.05, 4.69) is 29.4 Å². The van der Waals surface area contributed by atoms with Crippen LogP contribution in [0.25, 0.3) is 0 Å². The molecule has 1 atom stereocenters. The second kappa shape index (κ2) is 6.83. The summed E-state index contributed by atoms with van der Waals surface area (Å²) in [5.41, 5.74) is 1.22. The molecule has 1 aliphatic rings. The number of benzene rings is 1. The molecule has 0 bridgehead atoms. The number of thioether (sulfide) groups is 1. The van der Waals surface area contributed by atoms with Crippen molar-refractivity contribution in [2.75, 3.05) is 19.1 Å². The van der Waals surface area contributed by atoms with Gasteiger partial charge in [0.2, 0.25) is 6.79 Å². The van der Waals surface area contributed by atoms with E-state index >= 15 is 0 Å². The molecule has 2 heterocycles. The van der Waals surface area contributed by atoms with Gasteiger partial charge < -0.3 is 14.8 Å². The molecular weight excluding hydrogens is 284 g/mol. The maximum Gasteiger partial charge on any atom is 0.231 e. The van der Waals surface area contributed by atoms with Gasteiger partial charge in [-0.15, -0.1) is 11.8 Å². The summed E-state index contributed by atoms with van der Waals surface area (Å²) in [6, 6.07) is 10.5. The van der Waals surface area contributed by atoms with Crippen LogP contribution < -0.4 is 14.8 Å². The lowest BCUT2D eigenvalue weighted by molar-refractivity contribution is 0.174. The van der Waals surface area contributed by atoms with Crippen molar-refractivity contribution in [3.8, 4) is 11.5 Å². The third-order valence-corrected chi connectivity index (χ3v) is 4.42. The van der Waals surface area contributed by atoms with Crippen molar-refractivity contribution in [2.24, 2.45) is 0 Å². The SMILES string of the molecule is CCNC(CSc1ccncc1)c1ccc2c(c1)OCO2. The Bertz CT molecular complexity index is 592. The van der Waals surface area contributed by atoms with Gasteiger partial charge in [-0.2, -0.15) is 0 Å². The number of pyridine rings is 1. The Morgan fingerprint density at radius 3 is 2.81 bits per heavy atom. The molecule has 0 amide bonds. The van der Waals surface area contributed by atoms with Crippen LogP contribution in [0.2, 0.25) is 0 Å². The quantitative estimate of drug-likeness (QED) is 0.830. The molecule has 1 aromatic carbocycles. The van der Waals surface area contributed by atoms with Crippen LogP contribution in [0, 0.1) is 0 Å². The van der Waals surface area contributed by atoms with Gasteiger partial charge in [0.05, 0.1) is 0 Å². The number of hydrogen-bond donors (Lipinski definition) is 1. The fraction of sp³-hybridized carbons (Fsp3) is 0.312. The lowest BCUT2D eigenvalue weighted by atomic mass is 10.1. The average Bonchev–Trinajstić information content (AvgIpc) is 3.00. The Kier molecular flexibility index (Phi) is 4.62. The zero-order valence-electron chi connectivity index (χ0n) is 11.9. The highest BCUT2D eigenvalue weighted by molar-refractivity contribution is 7.99. The van der Waals surface area contributed by atoms with Crippen LogP contribution in [-0.4, -0.2) is 24.1 Å². The molecule has 0 saturated heterocycles. The Morgan fingerprint density at radius 1 is 1.19 bits per heavy atom. The van der Waals surface area contributed by atoms with Gasteiger partial charge in [0.25, 0.3) is 0 Å². The lowest BCUT2D eigenvalue weighted by Gasteiger charge is -2.18. The van der Waals surface area contributed by atoms with E-state index in [4.69, 9.17) is 9.47 Å². The van der Waals surface area contributed by atoms with Crippen molar-refractivity contribution < 1.29 is 9.47 Å². The normalized spacial score (nSPS) is 14.1. The van der Waals surface area contributed by atoms with Gasteiger partial charge in [0.1, 0.15) is 0 Å². The third kappa shape index (κ3) is 3.49. The molecule has 2 aromatic rings. The van der Waals surface area contributed by atoms with Crippen LogP contribution in [-0.2, 0) is 0 Å². The van der Waals surface area contributed by atoms with Gasteiger partial charge in [0, 0.05) is 29.1 Å².